The van der Waals surface area contributed by atoms with Crippen molar-refractivity contribution in [2.24, 2.45) is 5.73 Å². The molecule has 6 heteroatoms. The number of aryl methyl sites for hydroxylation is 1. The second-order valence-corrected chi connectivity index (χ2v) is 4.82. The second kappa shape index (κ2) is 7.21. The van der Waals surface area contributed by atoms with Gasteiger partial charge in [0.2, 0.25) is 5.91 Å². The van der Waals surface area contributed by atoms with Crippen LogP contribution >= 0.6 is 0 Å². The van der Waals surface area contributed by atoms with Gasteiger partial charge in [0.1, 0.15) is 12.4 Å². The number of amides is 1. The highest BCUT2D eigenvalue weighted by Crippen LogP contribution is 2.17. The van der Waals surface area contributed by atoms with Crippen molar-refractivity contribution in [3.8, 4) is 5.75 Å². The van der Waals surface area contributed by atoms with E-state index in [1.165, 1.54) is 12.1 Å². The number of carbonyl (C=O) groups is 1. The molecular weight excluding hydrogens is 284 g/mol. The number of nitro benzene ring substituents is 1. The first-order chi connectivity index (χ1) is 10.5. The first kappa shape index (κ1) is 15.5. The summed E-state index contributed by atoms with van der Waals surface area (Å²) in [4.78, 5) is 20.8. The molecule has 2 rings (SSSR count). The van der Waals surface area contributed by atoms with Gasteiger partial charge in [0.25, 0.3) is 5.69 Å². The molecule has 0 aromatic heterocycles. The number of primary amides is 1. The van der Waals surface area contributed by atoms with Gasteiger partial charge in [-0.25, -0.2) is 0 Å². The SMILES string of the molecule is NC(=O)CCc1ccc(OCc2ccc([N+](=O)[O-])cc2)cc1. The zero-order valence-corrected chi connectivity index (χ0v) is 11.9. The molecule has 0 bridgehead atoms. The smallest absolute Gasteiger partial charge is 0.269 e. The van der Waals surface area contributed by atoms with Crippen molar-refractivity contribution in [3.63, 3.8) is 0 Å². The molecule has 0 saturated heterocycles. The number of nitro groups is 1. The molecule has 0 saturated carbocycles. The van der Waals surface area contributed by atoms with Crippen molar-refractivity contribution in [2.45, 2.75) is 19.4 Å². The van der Waals surface area contributed by atoms with E-state index in [1.54, 1.807) is 12.1 Å². The lowest BCUT2D eigenvalue weighted by Crippen LogP contribution is -2.11. The summed E-state index contributed by atoms with van der Waals surface area (Å²) >= 11 is 0. The predicted molar refractivity (Wildman–Crippen MR) is 81.4 cm³/mol. The Morgan fingerprint density at radius 3 is 2.18 bits per heavy atom. The normalized spacial score (nSPS) is 10.2. The summed E-state index contributed by atoms with van der Waals surface area (Å²) in [5.41, 5.74) is 7.03. The summed E-state index contributed by atoms with van der Waals surface area (Å²) in [5, 5.41) is 10.6. The summed E-state index contributed by atoms with van der Waals surface area (Å²) in [5.74, 6) is 0.375. The summed E-state index contributed by atoms with van der Waals surface area (Å²) in [6, 6.07) is 13.6. The Kier molecular flexibility index (Phi) is 5.08. The van der Waals surface area contributed by atoms with Crippen LogP contribution in [0.1, 0.15) is 17.5 Å². The lowest BCUT2D eigenvalue weighted by molar-refractivity contribution is -0.384. The maximum Gasteiger partial charge on any atom is 0.269 e. The first-order valence-electron chi connectivity index (χ1n) is 6.78. The van der Waals surface area contributed by atoms with Gasteiger partial charge in [0.15, 0.2) is 0 Å². The van der Waals surface area contributed by atoms with Crippen molar-refractivity contribution >= 4 is 11.6 Å². The molecule has 0 aliphatic carbocycles. The summed E-state index contributed by atoms with van der Waals surface area (Å²) in [6.45, 7) is 0.332. The van der Waals surface area contributed by atoms with Crippen molar-refractivity contribution in [1.82, 2.24) is 0 Å². The lowest BCUT2D eigenvalue weighted by Gasteiger charge is -2.07. The Morgan fingerprint density at radius 1 is 1.05 bits per heavy atom. The Balaban J connectivity index is 1.88. The Labute approximate surface area is 127 Å². The number of benzene rings is 2. The van der Waals surface area contributed by atoms with Gasteiger partial charge in [0.05, 0.1) is 4.92 Å². The quantitative estimate of drug-likeness (QED) is 0.628. The van der Waals surface area contributed by atoms with Crippen LogP contribution in [0.5, 0.6) is 5.75 Å². The van der Waals surface area contributed by atoms with Crippen LogP contribution in [-0.2, 0) is 17.8 Å². The predicted octanol–water partition coefficient (Wildman–Crippen LogP) is 2.59. The molecule has 0 unspecified atom stereocenters. The molecule has 0 radical (unpaired) electrons. The Morgan fingerprint density at radius 2 is 1.64 bits per heavy atom. The third-order valence-corrected chi connectivity index (χ3v) is 3.14. The van der Waals surface area contributed by atoms with Gasteiger partial charge in [-0.05, 0) is 41.8 Å². The fourth-order valence-electron chi connectivity index (χ4n) is 1.90. The molecule has 114 valence electrons. The van der Waals surface area contributed by atoms with Gasteiger partial charge in [0, 0.05) is 18.6 Å². The Hall–Kier alpha value is -2.89. The molecule has 22 heavy (non-hydrogen) atoms. The number of hydrogen-bond donors (Lipinski definition) is 1. The van der Waals surface area contributed by atoms with Crippen LogP contribution in [0, 0.1) is 10.1 Å². The summed E-state index contributed by atoms with van der Waals surface area (Å²) < 4.78 is 5.61. The van der Waals surface area contributed by atoms with Gasteiger partial charge in [-0.1, -0.05) is 12.1 Å². The van der Waals surface area contributed by atoms with E-state index in [4.69, 9.17) is 10.5 Å². The molecule has 0 fully saturated rings. The number of nitrogens with zero attached hydrogens (tertiary/aromatic N) is 1. The molecule has 0 spiro atoms. The zero-order chi connectivity index (χ0) is 15.9. The van der Waals surface area contributed by atoms with E-state index in [-0.39, 0.29) is 11.6 Å². The molecule has 1 amide bonds. The zero-order valence-electron chi connectivity index (χ0n) is 11.9. The number of nitrogens with two attached hydrogens (primary N) is 1. The first-order valence-corrected chi connectivity index (χ1v) is 6.78. The number of ether oxygens (including phenoxy) is 1. The average Bonchev–Trinajstić information content (AvgIpc) is 2.52. The summed E-state index contributed by atoms with van der Waals surface area (Å²) in [6.07, 6.45) is 0.932. The second-order valence-electron chi connectivity index (χ2n) is 4.82. The average molecular weight is 300 g/mol. The van der Waals surface area contributed by atoms with Crippen LogP contribution in [0.15, 0.2) is 48.5 Å². The maximum absolute atomic E-state index is 10.7. The van der Waals surface area contributed by atoms with Crippen LogP contribution < -0.4 is 10.5 Å². The van der Waals surface area contributed by atoms with E-state index in [2.05, 4.69) is 0 Å². The minimum Gasteiger partial charge on any atom is -0.489 e. The fraction of sp³-hybridized carbons (Fsp3) is 0.188. The van der Waals surface area contributed by atoms with Gasteiger partial charge in [-0.3, -0.25) is 14.9 Å². The minimum atomic E-state index is -0.435. The van der Waals surface area contributed by atoms with Crippen LogP contribution in [0.2, 0.25) is 0 Å². The molecule has 0 atom stereocenters. The van der Waals surface area contributed by atoms with E-state index in [0.717, 1.165) is 11.1 Å². The van der Waals surface area contributed by atoms with Crippen LogP contribution in [0.4, 0.5) is 5.69 Å². The third kappa shape index (κ3) is 4.59. The highest BCUT2D eigenvalue weighted by molar-refractivity contribution is 5.74. The Bertz CT molecular complexity index is 651. The molecule has 0 aliphatic rings. The van der Waals surface area contributed by atoms with Crippen molar-refractivity contribution in [1.29, 1.82) is 0 Å². The topological polar surface area (TPSA) is 95.5 Å². The third-order valence-electron chi connectivity index (χ3n) is 3.14. The van der Waals surface area contributed by atoms with Crippen molar-refractivity contribution < 1.29 is 14.5 Å². The van der Waals surface area contributed by atoms with Crippen LogP contribution in [-0.4, -0.2) is 10.8 Å². The van der Waals surface area contributed by atoms with Crippen LogP contribution in [0.25, 0.3) is 0 Å². The molecule has 2 aromatic carbocycles. The molecule has 0 aliphatic heterocycles. The monoisotopic (exact) mass is 300 g/mol. The van der Waals surface area contributed by atoms with E-state index >= 15 is 0 Å². The van der Waals surface area contributed by atoms with E-state index in [0.29, 0.717) is 25.2 Å². The molecule has 2 N–H and O–H groups in total. The van der Waals surface area contributed by atoms with Crippen molar-refractivity contribution in [3.05, 3.63) is 69.8 Å². The molecule has 2 aromatic rings. The van der Waals surface area contributed by atoms with E-state index in [1.807, 2.05) is 24.3 Å². The fourth-order valence-corrected chi connectivity index (χ4v) is 1.90. The largest absolute Gasteiger partial charge is 0.489 e. The number of non-ortho nitro benzene ring substituents is 1. The molecule has 0 heterocycles. The maximum atomic E-state index is 10.7. The number of rotatable bonds is 7. The number of carbonyl (C=O) groups excluding carboxylic acids is 1. The summed E-state index contributed by atoms with van der Waals surface area (Å²) in [7, 11) is 0. The number of hydrogen-bond acceptors (Lipinski definition) is 4. The lowest BCUT2D eigenvalue weighted by atomic mass is 10.1. The van der Waals surface area contributed by atoms with Gasteiger partial charge >= 0.3 is 0 Å². The highest BCUT2D eigenvalue weighted by Gasteiger charge is 2.04. The van der Waals surface area contributed by atoms with Gasteiger partial charge in [-0.2, -0.15) is 0 Å². The van der Waals surface area contributed by atoms with E-state index in [9.17, 15) is 14.9 Å². The highest BCUT2D eigenvalue weighted by atomic mass is 16.6. The van der Waals surface area contributed by atoms with E-state index < -0.39 is 4.92 Å². The molecule has 6 nitrogen and oxygen atoms in total. The van der Waals surface area contributed by atoms with Crippen LogP contribution in [0.3, 0.4) is 0 Å². The van der Waals surface area contributed by atoms with Gasteiger partial charge < -0.3 is 10.5 Å². The standard InChI is InChI=1S/C16H16N2O4/c17-16(19)10-5-12-3-8-15(9-4-12)22-11-13-1-6-14(7-2-13)18(20)21/h1-4,6-9H,5,10-11H2,(H2,17,19). The molecular formula is C16H16N2O4. The minimum absolute atomic E-state index is 0.0579. The van der Waals surface area contributed by atoms with Crippen molar-refractivity contribution in [2.75, 3.05) is 0 Å². The van der Waals surface area contributed by atoms with Gasteiger partial charge in [-0.15, -0.1) is 0 Å².